The van der Waals surface area contributed by atoms with Gasteiger partial charge in [-0.25, -0.2) is 0 Å². The molecule has 0 spiro atoms. The molecule has 0 atom stereocenters. The first-order valence-corrected chi connectivity index (χ1v) is 7.39. The van der Waals surface area contributed by atoms with Crippen LogP contribution in [-0.4, -0.2) is 4.57 Å². The zero-order chi connectivity index (χ0) is 14.9. The minimum absolute atomic E-state index is 0.0538. The van der Waals surface area contributed by atoms with Gasteiger partial charge in [0.15, 0.2) is 0 Å². The van der Waals surface area contributed by atoms with Crippen molar-refractivity contribution in [2.24, 2.45) is 0 Å². The molecule has 0 fully saturated rings. The van der Waals surface area contributed by atoms with Crippen molar-refractivity contribution in [1.82, 2.24) is 4.57 Å². The Kier molecular flexibility index (Phi) is 3.42. The molecule has 1 heterocycles. The zero-order valence-corrected chi connectivity index (χ0v) is 12.9. The summed E-state index contributed by atoms with van der Waals surface area (Å²) in [6.07, 6.45) is 2.26. The second-order valence-electron chi connectivity index (χ2n) is 6.39. The van der Waals surface area contributed by atoms with E-state index in [4.69, 9.17) is 0 Å². The molecule has 0 N–H and O–H groups in total. The third-order valence-electron chi connectivity index (χ3n) is 3.72. The molecule has 0 saturated heterocycles. The Morgan fingerprint density at radius 1 is 0.667 bits per heavy atom. The summed E-state index contributed by atoms with van der Waals surface area (Å²) in [6.45, 7) is 6.73. The first kappa shape index (κ1) is 13.7. The monoisotopic (exact) mass is 275 g/mol. The van der Waals surface area contributed by atoms with Gasteiger partial charge >= 0.3 is 0 Å². The topological polar surface area (TPSA) is 4.93 Å². The van der Waals surface area contributed by atoms with Gasteiger partial charge in [0.25, 0.3) is 0 Å². The lowest BCUT2D eigenvalue weighted by Gasteiger charge is -2.24. The summed E-state index contributed by atoms with van der Waals surface area (Å²) in [4.78, 5) is 0. The highest BCUT2D eigenvalue weighted by Crippen LogP contribution is 2.32. The molecule has 0 radical (unpaired) electrons. The smallest absolute Gasteiger partial charge is 0.0491 e. The van der Waals surface area contributed by atoms with Crippen molar-refractivity contribution >= 4 is 0 Å². The van der Waals surface area contributed by atoms with E-state index in [-0.39, 0.29) is 5.54 Å². The van der Waals surface area contributed by atoms with E-state index in [0.29, 0.717) is 0 Å². The molecule has 0 aliphatic carbocycles. The molecule has 0 amide bonds. The largest absolute Gasteiger partial charge is 0.342 e. The highest BCUT2D eigenvalue weighted by Gasteiger charge is 2.19. The van der Waals surface area contributed by atoms with E-state index in [2.05, 4.69) is 98.3 Å². The van der Waals surface area contributed by atoms with Crippen LogP contribution in [0, 0.1) is 0 Å². The predicted molar refractivity (Wildman–Crippen MR) is 90.3 cm³/mol. The van der Waals surface area contributed by atoms with Gasteiger partial charge in [-0.3, -0.25) is 0 Å². The third-order valence-corrected chi connectivity index (χ3v) is 3.72. The molecule has 1 nitrogen and oxygen atoms in total. The molecule has 3 rings (SSSR count). The van der Waals surface area contributed by atoms with E-state index in [1.54, 1.807) is 0 Å². The predicted octanol–water partition coefficient (Wildman–Crippen LogP) is 5.58. The van der Waals surface area contributed by atoms with Crippen LogP contribution in [-0.2, 0) is 5.54 Å². The van der Waals surface area contributed by atoms with Crippen molar-refractivity contribution < 1.29 is 0 Å². The van der Waals surface area contributed by atoms with Crippen LogP contribution in [0.4, 0.5) is 0 Å². The lowest BCUT2D eigenvalue weighted by atomic mass is 10.1. The summed E-state index contributed by atoms with van der Waals surface area (Å²) in [6, 6.07) is 23.4. The van der Waals surface area contributed by atoms with Crippen LogP contribution in [0.3, 0.4) is 0 Å². The highest BCUT2D eigenvalue weighted by molar-refractivity contribution is 5.72. The number of hydrogen-bond acceptors (Lipinski definition) is 0. The second-order valence-corrected chi connectivity index (χ2v) is 6.39. The van der Waals surface area contributed by atoms with Crippen LogP contribution in [0.1, 0.15) is 20.8 Å². The van der Waals surface area contributed by atoms with Gasteiger partial charge in [-0.05, 0) is 43.5 Å². The first-order valence-electron chi connectivity index (χ1n) is 7.39. The Morgan fingerprint density at radius 2 is 1.19 bits per heavy atom. The average molecular weight is 275 g/mol. The van der Waals surface area contributed by atoms with Crippen molar-refractivity contribution in [3.05, 3.63) is 72.9 Å². The van der Waals surface area contributed by atoms with Gasteiger partial charge in [-0.1, -0.05) is 60.7 Å². The van der Waals surface area contributed by atoms with E-state index < -0.39 is 0 Å². The quantitative estimate of drug-likeness (QED) is 0.575. The average Bonchev–Trinajstić information content (AvgIpc) is 2.94. The number of hydrogen-bond donors (Lipinski definition) is 0. The van der Waals surface area contributed by atoms with Gasteiger partial charge in [0, 0.05) is 17.4 Å². The van der Waals surface area contributed by atoms with Crippen LogP contribution in [0.2, 0.25) is 0 Å². The van der Waals surface area contributed by atoms with Gasteiger partial charge in [0.2, 0.25) is 0 Å². The molecule has 1 heteroatoms. The molecule has 0 unspecified atom stereocenters. The minimum Gasteiger partial charge on any atom is -0.342 e. The highest BCUT2D eigenvalue weighted by atomic mass is 15.0. The van der Waals surface area contributed by atoms with Crippen molar-refractivity contribution in [3.8, 4) is 22.4 Å². The number of aromatic nitrogens is 1. The van der Waals surface area contributed by atoms with Crippen LogP contribution in [0.25, 0.3) is 22.4 Å². The summed E-state index contributed by atoms with van der Waals surface area (Å²) in [5.74, 6) is 0. The molecule has 0 aliphatic rings. The second kappa shape index (κ2) is 5.25. The Morgan fingerprint density at radius 3 is 1.71 bits per heavy atom. The fourth-order valence-electron chi connectivity index (χ4n) is 2.64. The summed E-state index contributed by atoms with van der Waals surface area (Å²) in [5, 5.41) is 0. The van der Waals surface area contributed by atoms with Crippen molar-refractivity contribution in [3.63, 3.8) is 0 Å². The standard InChI is InChI=1S/C20H21N/c1-20(2,3)21-15-18(16-10-6-4-7-11-16)14-19(21)17-12-8-5-9-13-17/h4-15H,1-3H3. The molecule has 21 heavy (non-hydrogen) atoms. The van der Waals surface area contributed by atoms with E-state index in [1.165, 1.54) is 22.4 Å². The van der Waals surface area contributed by atoms with E-state index in [0.717, 1.165) is 0 Å². The van der Waals surface area contributed by atoms with E-state index in [9.17, 15) is 0 Å². The number of nitrogens with zero attached hydrogens (tertiary/aromatic N) is 1. The summed E-state index contributed by atoms with van der Waals surface area (Å²) < 4.78 is 2.37. The molecule has 2 aromatic carbocycles. The Bertz CT molecular complexity index is 716. The number of rotatable bonds is 2. The molecule has 0 aliphatic heterocycles. The third kappa shape index (κ3) is 2.78. The van der Waals surface area contributed by atoms with E-state index in [1.807, 2.05) is 0 Å². The van der Waals surface area contributed by atoms with Gasteiger partial charge in [0.05, 0.1) is 0 Å². The van der Waals surface area contributed by atoms with Crippen molar-refractivity contribution in [1.29, 1.82) is 0 Å². The maximum absolute atomic E-state index is 2.37. The SMILES string of the molecule is CC(C)(C)n1cc(-c2ccccc2)cc1-c1ccccc1. The maximum atomic E-state index is 2.37. The normalized spacial score (nSPS) is 11.6. The van der Waals surface area contributed by atoms with Crippen LogP contribution < -0.4 is 0 Å². The molecule has 3 aromatic rings. The van der Waals surface area contributed by atoms with Crippen LogP contribution in [0.15, 0.2) is 72.9 Å². The molecular formula is C20H21N. The Labute approximate surface area is 126 Å². The van der Waals surface area contributed by atoms with Gasteiger partial charge < -0.3 is 4.57 Å². The number of benzene rings is 2. The zero-order valence-electron chi connectivity index (χ0n) is 12.9. The Hall–Kier alpha value is -2.28. The minimum atomic E-state index is 0.0538. The van der Waals surface area contributed by atoms with Crippen LogP contribution >= 0.6 is 0 Å². The molecular weight excluding hydrogens is 254 g/mol. The van der Waals surface area contributed by atoms with Crippen molar-refractivity contribution in [2.45, 2.75) is 26.3 Å². The fraction of sp³-hybridized carbons (Fsp3) is 0.200. The lowest BCUT2D eigenvalue weighted by molar-refractivity contribution is 0.403. The van der Waals surface area contributed by atoms with Gasteiger partial charge in [-0.2, -0.15) is 0 Å². The van der Waals surface area contributed by atoms with Crippen LogP contribution in [0.5, 0.6) is 0 Å². The maximum Gasteiger partial charge on any atom is 0.0491 e. The summed E-state index contributed by atoms with van der Waals surface area (Å²) in [7, 11) is 0. The van der Waals surface area contributed by atoms with Crippen molar-refractivity contribution in [2.75, 3.05) is 0 Å². The van der Waals surface area contributed by atoms with E-state index >= 15 is 0 Å². The van der Waals surface area contributed by atoms with Gasteiger partial charge in [0.1, 0.15) is 0 Å². The lowest BCUT2D eigenvalue weighted by Crippen LogP contribution is -2.21. The molecule has 0 bridgehead atoms. The summed E-state index contributed by atoms with van der Waals surface area (Å²) in [5.41, 5.74) is 5.11. The molecule has 0 saturated carbocycles. The molecule has 106 valence electrons. The van der Waals surface area contributed by atoms with Gasteiger partial charge in [-0.15, -0.1) is 0 Å². The molecule has 1 aromatic heterocycles. The summed E-state index contributed by atoms with van der Waals surface area (Å²) >= 11 is 0. The first-order chi connectivity index (χ1) is 10.1. The Balaban J connectivity index is 2.17. The fourth-order valence-corrected chi connectivity index (χ4v) is 2.64.